The smallest absolute Gasteiger partial charge is 0.320 e. The summed E-state index contributed by atoms with van der Waals surface area (Å²) in [4.78, 5) is 12.5. The third-order valence-electron chi connectivity index (χ3n) is 3.50. The molecule has 1 heterocycles. The molecule has 0 aliphatic heterocycles. The molecule has 0 saturated carbocycles. The van der Waals surface area contributed by atoms with E-state index in [0.29, 0.717) is 0 Å². The Hall–Kier alpha value is -2.51. The summed E-state index contributed by atoms with van der Waals surface area (Å²) in [7, 11) is 0. The number of carbonyl (C=O) groups is 1. The second-order valence-corrected chi connectivity index (χ2v) is 6.10. The molecule has 0 radical (unpaired) electrons. The van der Waals surface area contributed by atoms with Crippen LogP contribution < -0.4 is 5.32 Å². The lowest BCUT2D eigenvalue weighted by molar-refractivity contribution is -0.137. The van der Waals surface area contributed by atoms with Gasteiger partial charge in [-0.25, -0.2) is 4.68 Å². The van der Waals surface area contributed by atoms with Crippen molar-refractivity contribution in [2.24, 2.45) is 0 Å². The summed E-state index contributed by atoms with van der Waals surface area (Å²) in [5.74, 6) is -0.690. The van der Waals surface area contributed by atoms with Crippen LogP contribution in [0, 0.1) is 0 Å². The molecular formula is C17H10Cl2F3N3O. The van der Waals surface area contributed by atoms with Gasteiger partial charge < -0.3 is 5.32 Å². The van der Waals surface area contributed by atoms with Gasteiger partial charge in [0.15, 0.2) is 0 Å². The van der Waals surface area contributed by atoms with E-state index in [4.69, 9.17) is 23.2 Å². The second-order valence-electron chi connectivity index (χ2n) is 5.26. The first-order chi connectivity index (χ1) is 12.3. The Bertz CT molecular complexity index is 956. The number of carbonyl (C=O) groups excluding carboxylic acids is 1. The molecule has 0 spiro atoms. The van der Waals surface area contributed by atoms with Crippen LogP contribution in [0.1, 0.15) is 15.9 Å². The van der Waals surface area contributed by atoms with E-state index < -0.39 is 17.6 Å². The van der Waals surface area contributed by atoms with Crippen molar-refractivity contribution in [2.45, 2.75) is 6.18 Å². The molecule has 3 rings (SSSR count). The largest absolute Gasteiger partial charge is 0.416 e. The molecule has 0 bridgehead atoms. The van der Waals surface area contributed by atoms with Gasteiger partial charge in [0.1, 0.15) is 0 Å². The molecule has 1 N–H and O–H groups in total. The molecule has 3 aromatic rings. The Balaban J connectivity index is 2.04. The number of rotatable bonds is 3. The van der Waals surface area contributed by atoms with Crippen LogP contribution in [0.3, 0.4) is 0 Å². The van der Waals surface area contributed by atoms with Gasteiger partial charge in [0.05, 0.1) is 27.5 Å². The topological polar surface area (TPSA) is 46.9 Å². The van der Waals surface area contributed by atoms with Crippen LogP contribution in [0.5, 0.6) is 0 Å². The molecule has 9 heteroatoms. The van der Waals surface area contributed by atoms with Gasteiger partial charge in [-0.15, -0.1) is 0 Å². The van der Waals surface area contributed by atoms with E-state index in [9.17, 15) is 18.0 Å². The molecule has 1 aromatic heterocycles. The number of hydrogen-bond donors (Lipinski definition) is 1. The van der Waals surface area contributed by atoms with Crippen LogP contribution >= 0.6 is 23.2 Å². The Morgan fingerprint density at radius 2 is 1.88 bits per heavy atom. The second kappa shape index (κ2) is 7.01. The van der Waals surface area contributed by atoms with E-state index in [-0.39, 0.29) is 27.0 Å². The number of hydrogen-bond acceptors (Lipinski definition) is 2. The third kappa shape index (κ3) is 3.84. The van der Waals surface area contributed by atoms with E-state index >= 15 is 0 Å². The number of nitrogens with one attached hydrogen (secondary N) is 1. The zero-order valence-corrected chi connectivity index (χ0v) is 14.4. The van der Waals surface area contributed by atoms with E-state index in [0.717, 1.165) is 12.1 Å². The lowest BCUT2D eigenvalue weighted by atomic mass is 10.1. The van der Waals surface area contributed by atoms with Crippen LogP contribution in [-0.4, -0.2) is 15.7 Å². The normalized spacial score (nSPS) is 11.4. The molecule has 0 aliphatic carbocycles. The van der Waals surface area contributed by atoms with Crippen LogP contribution in [0.25, 0.3) is 5.69 Å². The highest BCUT2D eigenvalue weighted by molar-refractivity contribution is 6.36. The SMILES string of the molecule is O=C(Nc1cc(C(F)(F)F)ccc1-n1cccn1)c1cc(Cl)ccc1Cl. The third-order valence-corrected chi connectivity index (χ3v) is 4.06. The fourth-order valence-corrected chi connectivity index (χ4v) is 2.66. The molecule has 0 atom stereocenters. The molecule has 0 unspecified atom stereocenters. The van der Waals surface area contributed by atoms with E-state index in [1.807, 2.05) is 0 Å². The van der Waals surface area contributed by atoms with E-state index in [1.165, 1.54) is 35.1 Å². The van der Waals surface area contributed by atoms with Crippen molar-refractivity contribution in [1.29, 1.82) is 0 Å². The molecule has 134 valence electrons. The van der Waals surface area contributed by atoms with Gasteiger partial charge in [-0.3, -0.25) is 4.79 Å². The summed E-state index contributed by atoms with van der Waals surface area (Å²) < 4.78 is 40.5. The maximum Gasteiger partial charge on any atom is 0.416 e. The molecule has 0 aliphatic rings. The molecule has 26 heavy (non-hydrogen) atoms. The van der Waals surface area contributed by atoms with Crippen molar-refractivity contribution in [3.05, 3.63) is 76.0 Å². The van der Waals surface area contributed by atoms with E-state index in [2.05, 4.69) is 10.4 Å². The zero-order chi connectivity index (χ0) is 18.9. The van der Waals surface area contributed by atoms with Gasteiger partial charge in [-0.05, 0) is 42.5 Å². The highest BCUT2D eigenvalue weighted by Crippen LogP contribution is 2.33. The predicted octanol–water partition coefficient (Wildman–Crippen LogP) is 5.45. The fraction of sp³-hybridized carbons (Fsp3) is 0.0588. The molecule has 2 aromatic carbocycles. The number of halogens is 5. The minimum atomic E-state index is -4.56. The Labute approximate surface area is 156 Å². The van der Waals surface area contributed by atoms with Crippen LogP contribution in [0.15, 0.2) is 54.9 Å². The maximum absolute atomic E-state index is 13.0. The van der Waals surface area contributed by atoms with Crippen LogP contribution in [-0.2, 0) is 6.18 Å². The van der Waals surface area contributed by atoms with Gasteiger partial charge in [-0.1, -0.05) is 23.2 Å². The van der Waals surface area contributed by atoms with Crippen molar-refractivity contribution >= 4 is 34.8 Å². The first kappa shape index (κ1) is 18.3. The number of alkyl halides is 3. The standard InChI is InChI=1S/C17H10Cl2F3N3O/c18-11-3-4-13(19)12(9-11)16(26)24-14-8-10(17(20,21)22)2-5-15(14)25-7-1-6-23-25/h1-9H,(H,24,26). The first-order valence-corrected chi connectivity index (χ1v) is 7.99. The van der Waals surface area contributed by atoms with Crippen molar-refractivity contribution in [2.75, 3.05) is 5.32 Å². The lowest BCUT2D eigenvalue weighted by Crippen LogP contribution is -2.16. The fourth-order valence-electron chi connectivity index (χ4n) is 2.28. The highest BCUT2D eigenvalue weighted by atomic mass is 35.5. The Kier molecular flexibility index (Phi) is 4.93. The summed E-state index contributed by atoms with van der Waals surface area (Å²) >= 11 is 11.8. The quantitative estimate of drug-likeness (QED) is 0.636. The summed E-state index contributed by atoms with van der Waals surface area (Å²) in [6.45, 7) is 0. The van der Waals surface area contributed by atoms with Crippen molar-refractivity contribution in [3.63, 3.8) is 0 Å². The van der Waals surface area contributed by atoms with Gasteiger partial charge in [0.2, 0.25) is 0 Å². The van der Waals surface area contributed by atoms with Gasteiger partial charge >= 0.3 is 6.18 Å². The number of aromatic nitrogens is 2. The molecule has 0 fully saturated rings. The Morgan fingerprint density at radius 3 is 2.54 bits per heavy atom. The van der Waals surface area contributed by atoms with Gasteiger partial charge in [-0.2, -0.15) is 18.3 Å². The Morgan fingerprint density at radius 1 is 1.12 bits per heavy atom. The lowest BCUT2D eigenvalue weighted by Gasteiger charge is -2.15. The minimum absolute atomic E-state index is 0.0444. The molecule has 1 amide bonds. The summed E-state index contributed by atoms with van der Waals surface area (Å²) in [5.41, 5.74) is -0.650. The summed E-state index contributed by atoms with van der Waals surface area (Å²) in [6.07, 6.45) is -1.54. The first-order valence-electron chi connectivity index (χ1n) is 7.23. The average Bonchev–Trinajstić information content (AvgIpc) is 3.10. The van der Waals surface area contributed by atoms with Crippen LogP contribution in [0.2, 0.25) is 10.0 Å². The van der Waals surface area contributed by atoms with Crippen molar-refractivity contribution < 1.29 is 18.0 Å². The van der Waals surface area contributed by atoms with E-state index in [1.54, 1.807) is 12.3 Å². The van der Waals surface area contributed by atoms with Gasteiger partial charge in [0.25, 0.3) is 5.91 Å². The maximum atomic E-state index is 13.0. The van der Waals surface area contributed by atoms with Gasteiger partial charge in [0, 0.05) is 17.4 Å². The highest BCUT2D eigenvalue weighted by Gasteiger charge is 2.31. The number of amides is 1. The average molecular weight is 400 g/mol. The van der Waals surface area contributed by atoms with Crippen molar-refractivity contribution in [3.8, 4) is 5.69 Å². The molecular weight excluding hydrogens is 390 g/mol. The molecule has 0 saturated heterocycles. The van der Waals surface area contributed by atoms with Crippen molar-refractivity contribution in [1.82, 2.24) is 9.78 Å². The number of benzene rings is 2. The van der Waals surface area contributed by atoms with Crippen LogP contribution in [0.4, 0.5) is 18.9 Å². The number of anilines is 1. The number of nitrogens with zero attached hydrogens (tertiary/aromatic N) is 2. The zero-order valence-electron chi connectivity index (χ0n) is 12.9. The monoisotopic (exact) mass is 399 g/mol. The predicted molar refractivity (Wildman–Crippen MR) is 93.0 cm³/mol. The summed E-state index contributed by atoms with van der Waals surface area (Å²) in [6, 6.07) is 8.86. The minimum Gasteiger partial charge on any atom is -0.320 e. The molecule has 4 nitrogen and oxygen atoms in total. The summed E-state index contributed by atoms with van der Waals surface area (Å²) in [5, 5.41) is 6.84.